The summed E-state index contributed by atoms with van der Waals surface area (Å²) in [5.74, 6) is -1.13. The molecule has 0 aliphatic heterocycles. The normalized spacial score (nSPS) is 11.2. The first kappa shape index (κ1) is 21.2. The van der Waals surface area contributed by atoms with E-state index < -0.39 is 24.0 Å². The number of rotatable bonds is 8. The Hall–Kier alpha value is -3.06. The first-order valence-electron chi connectivity index (χ1n) is 8.54. The van der Waals surface area contributed by atoms with Gasteiger partial charge < -0.3 is 20.1 Å². The highest BCUT2D eigenvalue weighted by molar-refractivity contribution is 6.30. The number of carbonyl (C=O) groups is 3. The Morgan fingerprint density at radius 3 is 2.32 bits per heavy atom. The van der Waals surface area contributed by atoms with E-state index in [9.17, 15) is 14.4 Å². The van der Waals surface area contributed by atoms with Crippen LogP contribution in [0.25, 0.3) is 0 Å². The number of amides is 2. The molecular weight excluding hydrogens is 384 g/mol. The Morgan fingerprint density at radius 1 is 1.00 bits per heavy atom. The van der Waals surface area contributed by atoms with Crippen LogP contribution in [-0.2, 0) is 32.1 Å². The smallest absolute Gasteiger partial charge is 0.407 e. The molecule has 148 valence electrons. The number of hydrogen-bond donors (Lipinski definition) is 2. The van der Waals surface area contributed by atoms with Gasteiger partial charge in [0.1, 0.15) is 19.2 Å². The van der Waals surface area contributed by atoms with Gasteiger partial charge in [0, 0.05) is 11.4 Å². The second-order valence-corrected chi connectivity index (χ2v) is 6.33. The van der Waals surface area contributed by atoms with E-state index in [1.807, 2.05) is 30.3 Å². The second kappa shape index (κ2) is 10.9. The molecule has 2 aromatic rings. The second-order valence-electron chi connectivity index (χ2n) is 5.89. The molecule has 0 fully saturated rings. The molecule has 2 aromatic carbocycles. The van der Waals surface area contributed by atoms with Crippen LogP contribution in [0.5, 0.6) is 0 Å². The fraction of sp³-hybridized carbons (Fsp3) is 0.250. The molecular formula is C20H21ClN2O5. The zero-order valence-electron chi connectivity index (χ0n) is 15.3. The van der Waals surface area contributed by atoms with Crippen molar-refractivity contribution in [2.24, 2.45) is 0 Å². The lowest BCUT2D eigenvalue weighted by Crippen LogP contribution is -2.47. The standard InChI is InChI=1S/C20H21ClN2O5/c1-27-19(25)17(11-14-7-9-16(21)10-8-14)23-18(24)12-22-20(26)28-13-15-5-3-2-4-6-15/h2-10,17H,11-13H2,1H3,(H,22,26)(H,23,24)/t17-/m1/s1. The minimum atomic E-state index is -0.888. The lowest BCUT2D eigenvalue weighted by Gasteiger charge is -2.17. The van der Waals surface area contributed by atoms with Gasteiger partial charge in [-0.3, -0.25) is 4.79 Å². The Morgan fingerprint density at radius 2 is 1.68 bits per heavy atom. The van der Waals surface area contributed by atoms with Crippen LogP contribution < -0.4 is 10.6 Å². The Bertz CT molecular complexity index is 796. The molecule has 1 atom stereocenters. The van der Waals surface area contributed by atoms with Crippen LogP contribution in [0.4, 0.5) is 4.79 Å². The average molecular weight is 405 g/mol. The topological polar surface area (TPSA) is 93.7 Å². The summed E-state index contributed by atoms with van der Waals surface area (Å²) in [6.07, 6.45) is -0.500. The molecule has 0 radical (unpaired) electrons. The molecule has 2 amide bonds. The van der Waals surface area contributed by atoms with Gasteiger partial charge in [0.25, 0.3) is 0 Å². The van der Waals surface area contributed by atoms with E-state index in [1.54, 1.807) is 24.3 Å². The van der Waals surface area contributed by atoms with E-state index in [4.69, 9.17) is 21.1 Å². The van der Waals surface area contributed by atoms with E-state index in [0.29, 0.717) is 5.02 Å². The Kier molecular flexibility index (Phi) is 8.30. The highest BCUT2D eigenvalue weighted by Gasteiger charge is 2.22. The number of carbonyl (C=O) groups excluding carboxylic acids is 3. The first-order chi connectivity index (χ1) is 13.5. The van der Waals surface area contributed by atoms with E-state index in [2.05, 4.69) is 10.6 Å². The lowest BCUT2D eigenvalue weighted by molar-refractivity contribution is -0.144. The van der Waals surface area contributed by atoms with Crippen LogP contribution in [0.1, 0.15) is 11.1 Å². The third-order valence-corrected chi connectivity index (χ3v) is 4.03. The molecule has 0 aliphatic rings. The van der Waals surface area contributed by atoms with Crippen molar-refractivity contribution in [2.75, 3.05) is 13.7 Å². The number of esters is 1. The maximum absolute atomic E-state index is 12.1. The molecule has 0 saturated carbocycles. The molecule has 0 unspecified atom stereocenters. The van der Waals surface area contributed by atoms with E-state index in [-0.39, 0.29) is 19.6 Å². The molecule has 2 N–H and O–H groups in total. The summed E-state index contributed by atoms with van der Waals surface area (Å²) in [4.78, 5) is 35.7. The largest absolute Gasteiger partial charge is 0.467 e. The minimum absolute atomic E-state index is 0.0929. The van der Waals surface area contributed by atoms with Gasteiger partial charge in [0.2, 0.25) is 5.91 Å². The Labute approximate surface area is 168 Å². The van der Waals surface area contributed by atoms with Crippen molar-refractivity contribution in [3.63, 3.8) is 0 Å². The van der Waals surface area contributed by atoms with Gasteiger partial charge in [0.15, 0.2) is 0 Å². The molecule has 0 bridgehead atoms. The van der Waals surface area contributed by atoms with Gasteiger partial charge in [-0.15, -0.1) is 0 Å². The minimum Gasteiger partial charge on any atom is -0.467 e. The zero-order chi connectivity index (χ0) is 20.4. The quantitative estimate of drug-likeness (QED) is 0.659. The summed E-state index contributed by atoms with van der Waals surface area (Å²) < 4.78 is 9.76. The van der Waals surface area contributed by atoms with E-state index in [1.165, 1.54) is 7.11 Å². The summed E-state index contributed by atoms with van der Waals surface area (Å²) in [5, 5.41) is 5.46. The van der Waals surface area contributed by atoms with Crippen LogP contribution in [0, 0.1) is 0 Å². The Balaban J connectivity index is 1.81. The van der Waals surface area contributed by atoms with Crippen LogP contribution in [-0.4, -0.2) is 37.7 Å². The van der Waals surface area contributed by atoms with Crippen LogP contribution >= 0.6 is 11.6 Å². The van der Waals surface area contributed by atoms with Gasteiger partial charge >= 0.3 is 12.1 Å². The maximum atomic E-state index is 12.1. The van der Waals surface area contributed by atoms with Gasteiger partial charge in [-0.2, -0.15) is 0 Å². The van der Waals surface area contributed by atoms with Crippen molar-refractivity contribution in [1.29, 1.82) is 0 Å². The van der Waals surface area contributed by atoms with Crippen molar-refractivity contribution in [3.8, 4) is 0 Å². The predicted octanol–water partition coefficient (Wildman–Crippen LogP) is 2.47. The molecule has 0 aliphatic carbocycles. The number of halogens is 1. The maximum Gasteiger partial charge on any atom is 0.407 e. The van der Waals surface area contributed by atoms with Gasteiger partial charge in [-0.05, 0) is 23.3 Å². The molecule has 0 spiro atoms. The van der Waals surface area contributed by atoms with E-state index >= 15 is 0 Å². The monoisotopic (exact) mass is 404 g/mol. The molecule has 0 saturated heterocycles. The first-order valence-corrected chi connectivity index (χ1v) is 8.92. The van der Waals surface area contributed by atoms with Crippen LogP contribution in [0.15, 0.2) is 54.6 Å². The summed E-state index contributed by atoms with van der Waals surface area (Å²) in [7, 11) is 1.24. The van der Waals surface area contributed by atoms with Crippen molar-refractivity contribution >= 4 is 29.6 Å². The molecule has 0 heterocycles. The molecule has 7 nitrogen and oxygen atoms in total. The number of ether oxygens (including phenoxy) is 2. The van der Waals surface area contributed by atoms with E-state index in [0.717, 1.165) is 11.1 Å². The van der Waals surface area contributed by atoms with Crippen molar-refractivity contribution in [1.82, 2.24) is 10.6 Å². The number of alkyl carbamates (subject to hydrolysis) is 1. The van der Waals surface area contributed by atoms with Crippen molar-refractivity contribution < 1.29 is 23.9 Å². The number of hydrogen-bond acceptors (Lipinski definition) is 5. The van der Waals surface area contributed by atoms with Gasteiger partial charge in [0.05, 0.1) is 7.11 Å². The molecule has 2 rings (SSSR count). The summed E-state index contributed by atoms with van der Waals surface area (Å²) >= 11 is 5.84. The average Bonchev–Trinajstić information content (AvgIpc) is 2.72. The lowest BCUT2D eigenvalue weighted by atomic mass is 10.1. The van der Waals surface area contributed by atoms with Crippen molar-refractivity contribution in [2.45, 2.75) is 19.1 Å². The highest BCUT2D eigenvalue weighted by Crippen LogP contribution is 2.11. The fourth-order valence-electron chi connectivity index (χ4n) is 2.36. The van der Waals surface area contributed by atoms with Gasteiger partial charge in [-0.1, -0.05) is 54.1 Å². The SMILES string of the molecule is COC(=O)[C@@H](Cc1ccc(Cl)cc1)NC(=O)CNC(=O)OCc1ccccc1. The third kappa shape index (κ3) is 7.28. The molecule has 8 heteroatoms. The highest BCUT2D eigenvalue weighted by atomic mass is 35.5. The summed E-state index contributed by atoms with van der Waals surface area (Å²) in [5.41, 5.74) is 1.63. The molecule has 0 aromatic heterocycles. The number of nitrogens with one attached hydrogen (secondary N) is 2. The third-order valence-electron chi connectivity index (χ3n) is 3.78. The van der Waals surface area contributed by atoms with Crippen LogP contribution in [0.3, 0.4) is 0 Å². The van der Waals surface area contributed by atoms with Gasteiger partial charge in [-0.25, -0.2) is 9.59 Å². The van der Waals surface area contributed by atoms with Crippen molar-refractivity contribution in [3.05, 3.63) is 70.7 Å². The van der Waals surface area contributed by atoms with Crippen LogP contribution in [0.2, 0.25) is 5.02 Å². The summed E-state index contributed by atoms with van der Waals surface area (Å²) in [6.45, 7) is -0.239. The summed E-state index contributed by atoms with van der Waals surface area (Å²) in [6, 6.07) is 15.2. The predicted molar refractivity (Wildman–Crippen MR) is 104 cm³/mol. The number of benzene rings is 2. The zero-order valence-corrected chi connectivity index (χ0v) is 16.1. The number of methoxy groups -OCH3 is 1. The molecule has 28 heavy (non-hydrogen) atoms. The fourth-order valence-corrected chi connectivity index (χ4v) is 2.49.